The van der Waals surface area contributed by atoms with E-state index in [0.717, 1.165) is 5.56 Å². The topological polar surface area (TPSA) is 67.4 Å². The van der Waals surface area contributed by atoms with Crippen LogP contribution in [0.4, 0.5) is 4.79 Å². The third kappa shape index (κ3) is 3.34. The Balaban J connectivity index is 1.78. The third-order valence-corrected chi connectivity index (χ3v) is 2.23. The van der Waals surface area contributed by atoms with Crippen molar-refractivity contribution in [2.24, 2.45) is 0 Å². The second-order valence-electron chi connectivity index (χ2n) is 3.57. The first-order valence-corrected chi connectivity index (χ1v) is 5.20. The van der Waals surface area contributed by atoms with Gasteiger partial charge in [-0.15, -0.1) is 0 Å². The van der Waals surface area contributed by atoms with Crippen LogP contribution in [0.25, 0.3) is 0 Å². The van der Waals surface area contributed by atoms with E-state index in [-0.39, 0.29) is 12.6 Å². The van der Waals surface area contributed by atoms with Gasteiger partial charge in [-0.3, -0.25) is 0 Å². The van der Waals surface area contributed by atoms with Crippen molar-refractivity contribution in [1.82, 2.24) is 10.6 Å². The highest BCUT2D eigenvalue weighted by Crippen LogP contribution is 2.02. The van der Waals surface area contributed by atoms with Crippen LogP contribution in [0.1, 0.15) is 5.56 Å². The summed E-state index contributed by atoms with van der Waals surface area (Å²) in [5.74, 6) is -0.427. The Labute approximate surface area is 98.5 Å². The number of rotatable bonds is 3. The van der Waals surface area contributed by atoms with E-state index in [2.05, 4.69) is 15.4 Å². The molecule has 0 bridgehead atoms. The number of ether oxygens (including phenoxy) is 1. The number of amides is 2. The Hall–Kier alpha value is -2.30. The van der Waals surface area contributed by atoms with Gasteiger partial charge < -0.3 is 15.4 Å². The van der Waals surface area contributed by atoms with Gasteiger partial charge in [0.25, 0.3) is 0 Å². The Morgan fingerprint density at radius 1 is 1.29 bits per heavy atom. The quantitative estimate of drug-likeness (QED) is 0.762. The number of carbonyl (C=O) groups is 2. The Morgan fingerprint density at radius 3 is 2.71 bits per heavy atom. The predicted molar refractivity (Wildman–Crippen MR) is 60.9 cm³/mol. The molecule has 0 saturated heterocycles. The van der Waals surface area contributed by atoms with E-state index in [9.17, 15) is 9.59 Å². The molecule has 0 spiro atoms. The van der Waals surface area contributed by atoms with E-state index in [1.165, 1.54) is 6.08 Å². The SMILES string of the molecule is O=C(NCc1ccccc1)NC1=CC(=O)OC1. The lowest BCUT2D eigenvalue weighted by Gasteiger charge is -2.07. The van der Waals surface area contributed by atoms with Gasteiger partial charge in [0.15, 0.2) is 0 Å². The lowest BCUT2D eigenvalue weighted by molar-refractivity contribution is -0.134. The monoisotopic (exact) mass is 232 g/mol. The summed E-state index contributed by atoms with van der Waals surface area (Å²) in [6, 6.07) is 9.21. The first-order valence-electron chi connectivity index (χ1n) is 5.20. The van der Waals surface area contributed by atoms with E-state index >= 15 is 0 Å². The molecule has 0 aromatic heterocycles. The summed E-state index contributed by atoms with van der Waals surface area (Å²) >= 11 is 0. The largest absolute Gasteiger partial charge is 0.456 e. The highest BCUT2D eigenvalue weighted by Gasteiger charge is 2.14. The fourth-order valence-electron chi connectivity index (χ4n) is 1.41. The Morgan fingerprint density at radius 2 is 2.06 bits per heavy atom. The number of hydrogen-bond acceptors (Lipinski definition) is 3. The van der Waals surface area contributed by atoms with Crippen LogP contribution in [0.2, 0.25) is 0 Å². The first kappa shape index (κ1) is 11.2. The minimum absolute atomic E-state index is 0.123. The first-order chi connectivity index (χ1) is 8.24. The van der Waals surface area contributed by atoms with E-state index in [1.54, 1.807) is 0 Å². The lowest BCUT2D eigenvalue weighted by Crippen LogP contribution is -2.34. The zero-order chi connectivity index (χ0) is 12.1. The van der Waals surface area contributed by atoms with Crippen LogP contribution in [-0.4, -0.2) is 18.6 Å². The molecule has 0 saturated carbocycles. The molecule has 17 heavy (non-hydrogen) atoms. The van der Waals surface area contributed by atoms with Crippen molar-refractivity contribution in [2.75, 3.05) is 6.61 Å². The minimum atomic E-state index is -0.427. The molecule has 5 heteroatoms. The maximum Gasteiger partial charge on any atom is 0.333 e. The average molecular weight is 232 g/mol. The number of benzene rings is 1. The second kappa shape index (κ2) is 5.16. The highest BCUT2D eigenvalue weighted by molar-refractivity contribution is 5.87. The van der Waals surface area contributed by atoms with Crippen molar-refractivity contribution in [3.05, 3.63) is 47.7 Å². The van der Waals surface area contributed by atoms with Crippen molar-refractivity contribution in [3.63, 3.8) is 0 Å². The fraction of sp³-hybridized carbons (Fsp3) is 0.167. The molecular weight excluding hydrogens is 220 g/mol. The molecule has 2 rings (SSSR count). The number of esters is 1. The molecule has 0 atom stereocenters. The van der Waals surface area contributed by atoms with Crippen LogP contribution in [0.3, 0.4) is 0 Å². The van der Waals surface area contributed by atoms with Gasteiger partial charge in [0.1, 0.15) is 6.61 Å². The zero-order valence-corrected chi connectivity index (χ0v) is 9.10. The molecule has 0 unspecified atom stereocenters. The molecule has 2 amide bonds. The molecule has 1 aromatic rings. The number of urea groups is 1. The van der Waals surface area contributed by atoms with E-state index in [1.807, 2.05) is 30.3 Å². The van der Waals surface area contributed by atoms with Crippen molar-refractivity contribution in [2.45, 2.75) is 6.54 Å². The summed E-state index contributed by atoms with van der Waals surface area (Å²) < 4.78 is 4.66. The number of cyclic esters (lactones) is 1. The molecule has 1 aliphatic heterocycles. The molecule has 0 fully saturated rings. The van der Waals surface area contributed by atoms with Crippen LogP contribution >= 0.6 is 0 Å². The van der Waals surface area contributed by atoms with Gasteiger partial charge in [-0.1, -0.05) is 30.3 Å². The number of hydrogen-bond donors (Lipinski definition) is 2. The van der Waals surface area contributed by atoms with Gasteiger partial charge >= 0.3 is 12.0 Å². The van der Waals surface area contributed by atoms with Crippen LogP contribution < -0.4 is 10.6 Å². The van der Waals surface area contributed by atoms with Gasteiger partial charge in [0.2, 0.25) is 0 Å². The van der Waals surface area contributed by atoms with Crippen molar-refractivity contribution in [1.29, 1.82) is 0 Å². The highest BCUT2D eigenvalue weighted by atomic mass is 16.5. The molecule has 0 aliphatic carbocycles. The smallest absolute Gasteiger partial charge is 0.333 e. The van der Waals surface area contributed by atoms with Crippen LogP contribution in [0.15, 0.2) is 42.1 Å². The molecule has 1 heterocycles. The maximum absolute atomic E-state index is 11.4. The molecule has 5 nitrogen and oxygen atoms in total. The molecule has 1 aliphatic rings. The zero-order valence-electron chi connectivity index (χ0n) is 9.10. The van der Waals surface area contributed by atoms with Gasteiger partial charge in [0, 0.05) is 12.6 Å². The van der Waals surface area contributed by atoms with Crippen LogP contribution in [0.5, 0.6) is 0 Å². The van der Waals surface area contributed by atoms with E-state index in [0.29, 0.717) is 12.2 Å². The van der Waals surface area contributed by atoms with E-state index in [4.69, 9.17) is 0 Å². The summed E-state index contributed by atoms with van der Waals surface area (Å²) in [7, 11) is 0. The summed E-state index contributed by atoms with van der Waals surface area (Å²) in [6.45, 7) is 0.562. The summed E-state index contributed by atoms with van der Waals surface area (Å²) in [5, 5.41) is 5.23. The lowest BCUT2D eigenvalue weighted by atomic mass is 10.2. The van der Waals surface area contributed by atoms with Crippen molar-refractivity contribution >= 4 is 12.0 Å². The third-order valence-electron chi connectivity index (χ3n) is 2.23. The molecule has 2 N–H and O–H groups in total. The molecule has 88 valence electrons. The summed E-state index contributed by atoms with van der Waals surface area (Å²) in [6.07, 6.45) is 1.27. The average Bonchev–Trinajstić information content (AvgIpc) is 2.73. The van der Waals surface area contributed by atoms with Gasteiger partial charge in [0.05, 0.1) is 5.70 Å². The fourth-order valence-corrected chi connectivity index (χ4v) is 1.41. The molecule has 1 aromatic carbocycles. The summed E-state index contributed by atoms with van der Waals surface area (Å²) in [5.41, 5.74) is 1.48. The van der Waals surface area contributed by atoms with Crippen LogP contribution in [-0.2, 0) is 16.1 Å². The minimum Gasteiger partial charge on any atom is -0.456 e. The van der Waals surface area contributed by atoms with Gasteiger partial charge in [-0.2, -0.15) is 0 Å². The molecule has 0 radical (unpaired) electrons. The molecular formula is C12H12N2O3. The van der Waals surface area contributed by atoms with E-state index < -0.39 is 5.97 Å². The standard InChI is InChI=1S/C12H12N2O3/c15-11-6-10(8-17-11)14-12(16)13-7-9-4-2-1-3-5-9/h1-6H,7-8H2,(H2,13,14,16). The summed E-state index contributed by atoms with van der Waals surface area (Å²) in [4.78, 5) is 22.2. The van der Waals surface area contributed by atoms with Crippen molar-refractivity contribution < 1.29 is 14.3 Å². The van der Waals surface area contributed by atoms with Crippen molar-refractivity contribution in [3.8, 4) is 0 Å². The Kier molecular flexibility index (Phi) is 3.40. The predicted octanol–water partition coefficient (Wildman–Crippen LogP) is 0.926. The maximum atomic E-state index is 11.4. The van der Waals surface area contributed by atoms with Gasteiger partial charge in [-0.25, -0.2) is 9.59 Å². The van der Waals surface area contributed by atoms with Crippen LogP contribution in [0, 0.1) is 0 Å². The second-order valence-corrected chi connectivity index (χ2v) is 3.57. The number of carbonyl (C=O) groups excluding carboxylic acids is 2. The van der Waals surface area contributed by atoms with Gasteiger partial charge in [-0.05, 0) is 5.56 Å². The number of nitrogens with one attached hydrogen (secondary N) is 2. The normalized spacial score (nSPS) is 13.9. The Bertz CT molecular complexity index is 454.